The van der Waals surface area contributed by atoms with Gasteiger partial charge in [-0.2, -0.15) is 9.61 Å². The van der Waals surface area contributed by atoms with Crippen molar-refractivity contribution in [3.8, 4) is 0 Å². The number of benzene rings is 1. The first kappa shape index (κ1) is 16.4. The van der Waals surface area contributed by atoms with Gasteiger partial charge in [-0.25, -0.2) is 18.1 Å². The molecule has 1 aromatic carbocycles. The molecule has 0 aliphatic carbocycles. The number of hydrogen-bond donors (Lipinski definition) is 1. The Morgan fingerprint density at radius 3 is 2.78 bits per heavy atom. The zero-order valence-corrected chi connectivity index (χ0v) is 15.0. The predicted molar refractivity (Wildman–Crippen MR) is 90.5 cm³/mol. The van der Waals surface area contributed by atoms with E-state index in [0.717, 1.165) is 11.4 Å². The lowest BCUT2D eigenvalue weighted by atomic mass is 10.2. The Balaban J connectivity index is 1.95. The number of sulfonamides is 1. The molecule has 9 heteroatoms. The highest BCUT2D eigenvalue weighted by molar-refractivity contribution is 7.89. The van der Waals surface area contributed by atoms with Crippen molar-refractivity contribution in [3.63, 3.8) is 0 Å². The summed E-state index contributed by atoms with van der Waals surface area (Å²) in [7, 11) is -3.75. The minimum absolute atomic E-state index is 0.0792. The monoisotopic (exact) mass is 370 g/mol. The number of nitrogens with zero attached hydrogens (tertiary/aromatic N) is 3. The van der Waals surface area contributed by atoms with Crippen LogP contribution in [0.25, 0.3) is 4.96 Å². The van der Waals surface area contributed by atoms with Crippen molar-refractivity contribution >= 4 is 37.9 Å². The Hall–Kier alpha value is -1.48. The summed E-state index contributed by atoms with van der Waals surface area (Å²) in [6.45, 7) is 3.74. The smallest absolute Gasteiger partial charge is 0.221 e. The van der Waals surface area contributed by atoms with Gasteiger partial charge in [-0.05, 0) is 25.0 Å². The minimum atomic E-state index is -3.75. The molecule has 0 aliphatic heterocycles. The van der Waals surface area contributed by atoms with Crippen molar-refractivity contribution in [2.24, 2.45) is 0 Å². The van der Waals surface area contributed by atoms with Crippen LogP contribution in [-0.2, 0) is 23.0 Å². The van der Waals surface area contributed by atoms with Gasteiger partial charge in [0.2, 0.25) is 4.96 Å². The van der Waals surface area contributed by atoms with Crippen LogP contribution in [0.3, 0.4) is 0 Å². The van der Waals surface area contributed by atoms with E-state index in [1.54, 1.807) is 25.1 Å². The molecule has 0 radical (unpaired) electrons. The molecule has 0 saturated carbocycles. The van der Waals surface area contributed by atoms with Gasteiger partial charge >= 0.3 is 0 Å². The van der Waals surface area contributed by atoms with Crippen LogP contribution >= 0.6 is 22.9 Å². The quantitative estimate of drug-likeness (QED) is 0.749. The molecule has 0 aliphatic rings. The number of nitrogens with one attached hydrogen (secondary N) is 1. The zero-order valence-electron chi connectivity index (χ0n) is 12.6. The fourth-order valence-electron chi connectivity index (χ4n) is 2.20. The van der Waals surface area contributed by atoms with Gasteiger partial charge in [0, 0.05) is 11.6 Å². The molecule has 6 nitrogen and oxygen atoms in total. The van der Waals surface area contributed by atoms with Crippen molar-refractivity contribution in [3.05, 3.63) is 45.6 Å². The Morgan fingerprint density at radius 1 is 1.35 bits per heavy atom. The third-order valence-electron chi connectivity index (χ3n) is 3.33. The van der Waals surface area contributed by atoms with E-state index < -0.39 is 10.0 Å². The molecule has 0 amide bonds. The van der Waals surface area contributed by atoms with Crippen LogP contribution in [-0.4, -0.2) is 23.0 Å². The molecular weight excluding hydrogens is 356 g/mol. The number of aryl methyl sites for hydroxylation is 2. The third-order valence-corrected chi connectivity index (χ3v) is 6.26. The van der Waals surface area contributed by atoms with Crippen LogP contribution in [0, 0.1) is 6.92 Å². The van der Waals surface area contributed by atoms with Gasteiger partial charge in [0.1, 0.15) is 5.01 Å². The first-order valence-electron chi connectivity index (χ1n) is 7.00. The SMILES string of the molecule is CCc1nn2c(S(=O)(=O)NCc3ccccc3Cl)c(C)nc2s1. The van der Waals surface area contributed by atoms with Crippen LogP contribution in [0.5, 0.6) is 0 Å². The fourth-order valence-corrected chi connectivity index (χ4v) is 4.62. The second kappa shape index (κ2) is 6.20. The van der Waals surface area contributed by atoms with Crippen LogP contribution < -0.4 is 4.72 Å². The minimum Gasteiger partial charge on any atom is -0.221 e. The molecule has 23 heavy (non-hydrogen) atoms. The van der Waals surface area contributed by atoms with Gasteiger partial charge in [-0.1, -0.05) is 48.1 Å². The number of rotatable bonds is 5. The standard InChI is InChI=1S/C14H15ClN4O2S2/c1-3-12-18-19-13(9(2)17-14(19)22-12)23(20,21)16-8-10-6-4-5-7-11(10)15/h4-7,16H,3,8H2,1-2H3. The van der Waals surface area contributed by atoms with Gasteiger partial charge in [-0.15, -0.1) is 0 Å². The molecule has 3 rings (SSSR count). The maximum absolute atomic E-state index is 12.7. The van der Waals surface area contributed by atoms with E-state index in [4.69, 9.17) is 11.6 Å². The summed E-state index contributed by atoms with van der Waals surface area (Å²) in [5.41, 5.74) is 1.14. The lowest BCUT2D eigenvalue weighted by Crippen LogP contribution is -2.25. The van der Waals surface area contributed by atoms with Crippen LogP contribution in [0.1, 0.15) is 23.2 Å². The van der Waals surface area contributed by atoms with E-state index in [9.17, 15) is 8.42 Å². The number of hydrogen-bond acceptors (Lipinski definition) is 5. The topological polar surface area (TPSA) is 76.4 Å². The van der Waals surface area contributed by atoms with E-state index in [1.165, 1.54) is 15.9 Å². The van der Waals surface area contributed by atoms with E-state index in [1.807, 2.05) is 13.0 Å². The molecule has 0 atom stereocenters. The maximum Gasteiger partial charge on any atom is 0.260 e. The number of halogens is 1. The number of aromatic nitrogens is 3. The predicted octanol–water partition coefficient (Wildman–Crippen LogP) is 2.79. The highest BCUT2D eigenvalue weighted by Crippen LogP contribution is 2.23. The summed E-state index contributed by atoms with van der Waals surface area (Å²) < 4.78 is 29.3. The first-order valence-corrected chi connectivity index (χ1v) is 9.68. The summed E-state index contributed by atoms with van der Waals surface area (Å²) in [5.74, 6) is 0. The number of imidazole rings is 1. The van der Waals surface area contributed by atoms with Gasteiger partial charge in [0.05, 0.1) is 5.69 Å². The van der Waals surface area contributed by atoms with Gasteiger partial charge in [-0.3, -0.25) is 0 Å². The van der Waals surface area contributed by atoms with Crippen LogP contribution in [0.4, 0.5) is 0 Å². The Labute approximate surface area is 143 Å². The molecule has 1 N–H and O–H groups in total. The molecule has 0 saturated heterocycles. The molecule has 122 valence electrons. The van der Waals surface area contributed by atoms with Crippen molar-refractivity contribution in [1.82, 2.24) is 19.3 Å². The second-order valence-electron chi connectivity index (χ2n) is 4.96. The van der Waals surface area contributed by atoms with E-state index >= 15 is 0 Å². The maximum atomic E-state index is 12.7. The van der Waals surface area contributed by atoms with Gasteiger partial charge in [0.15, 0.2) is 5.03 Å². The molecule has 0 spiro atoms. The molecule has 0 fully saturated rings. The number of fused-ring (bicyclic) bond motifs is 1. The third kappa shape index (κ3) is 3.12. The molecule has 0 bridgehead atoms. The van der Waals surface area contributed by atoms with E-state index in [0.29, 0.717) is 21.2 Å². The Kier molecular flexibility index (Phi) is 4.41. The zero-order chi connectivity index (χ0) is 16.6. The van der Waals surface area contributed by atoms with Gasteiger partial charge in [0.25, 0.3) is 10.0 Å². The molecule has 0 unspecified atom stereocenters. The highest BCUT2D eigenvalue weighted by atomic mass is 35.5. The lowest BCUT2D eigenvalue weighted by molar-refractivity contribution is 0.572. The molecular formula is C14H15ClN4O2S2. The molecule has 3 aromatic rings. The van der Waals surface area contributed by atoms with E-state index in [-0.39, 0.29) is 11.6 Å². The van der Waals surface area contributed by atoms with Crippen molar-refractivity contribution in [2.45, 2.75) is 31.8 Å². The fraction of sp³-hybridized carbons (Fsp3) is 0.286. The van der Waals surface area contributed by atoms with Crippen molar-refractivity contribution < 1.29 is 8.42 Å². The molecule has 2 heterocycles. The van der Waals surface area contributed by atoms with Crippen molar-refractivity contribution in [1.29, 1.82) is 0 Å². The highest BCUT2D eigenvalue weighted by Gasteiger charge is 2.25. The average Bonchev–Trinajstić information content (AvgIpc) is 3.02. The van der Waals surface area contributed by atoms with E-state index in [2.05, 4.69) is 14.8 Å². The average molecular weight is 371 g/mol. The summed E-state index contributed by atoms with van der Waals surface area (Å²) in [6.07, 6.45) is 0.736. The summed E-state index contributed by atoms with van der Waals surface area (Å²) in [4.78, 5) is 4.88. The summed E-state index contributed by atoms with van der Waals surface area (Å²) >= 11 is 7.46. The van der Waals surface area contributed by atoms with Gasteiger partial charge < -0.3 is 0 Å². The Bertz CT molecular complexity index is 962. The summed E-state index contributed by atoms with van der Waals surface area (Å²) in [5, 5.41) is 5.76. The normalized spacial score (nSPS) is 12.1. The largest absolute Gasteiger partial charge is 0.260 e. The molecule has 2 aromatic heterocycles. The van der Waals surface area contributed by atoms with Crippen molar-refractivity contribution in [2.75, 3.05) is 0 Å². The Morgan fingerprint density at radius 2 is 2.09 bits per heavy atom. The summed E-state index contributed by atoms with van der Waals surface area (Å²) in [6, 6.07) is 7.11. The lowest BCUT2D eigenvalue weighted by Gasteiger charge is -2.07. The van der Waals surface area contributed by atoms with Crippen LogP contribution in [0.15, 0.2) is 29.3 Å². The van der Waals surface area contributed by atoms with Crippen LogP contribution in [0.2, 0.25) is 5.02 Å². The second-order valence-corrected chi connectivity index (χ2v) is 8.09. The first-order chi connectivity index (χ1) is 10.9.